The minimum absolute atomic E-state index is 0.223. The molecule has 0 saturated carbocycles. The number of thioether (sulfide) groups is 1. The van der Waals surface area contributed by atoms with Gasteiger partial charge in [-0.15, -0.1) is 11.8 Å². The van der Waals surface area contributed by atoms with E-state index in [1.807, 2.05) is 60.9 Å². The van der Waals surface area contributed by atoms with Gasteiger partial charge in [-0.25, -0.2) is 0 Å². The third-order valence-electron chi connectivity index (χ3n) is 5.67. The number of aryl methyl sites for hydroxylation is 1. The van der Waals surface area contributed by atoms with Gasteiger partial charge in [0.2, 0.25) is 0 Å². The Balaban J connectivity index is 1.68. The van der Waals surface area contributed by atoms with Crippen LogP contribution in [0.2, 0.25) is 0 Å². The van der Waals surface area contributed by atoms with Crippen molar-refractivity contribution in [3.63, 3.8) is 0 Å². The summed E-state index contributed by atoms with van der Waals surface area (Å²) in [5, 5.41) is 11.5. The topological polar surface area (TPSA) is 71.8 Å². The van der Waals surface area contributed by atoms with Crippen LogP contribution in [0.25, 0.3) is 10.9 Å². The molecule has 1 aromatic heterocycles. The van der Waals surface area contributed by atoms with Crippen molar-refractivity contribution in [1.29, 1.82) is 0 Å². The molecule has 4 aromatic rings. The molecule has 0 bridgehead atoms. The maximum Gasteiger partial charge on any atom is 0.267 e. The third-order valence-corrected chi connectivity index (χ3v) is 6.40. The van der Waals surface area contributed by atoms with Gasteiger partial charge in [-0.05, 0) is 42.2 Å². The predicted octanol–water partition coefficient (Wildman–Crippen LogP) is 4.83. The average Bonchev–Trinajstić information content (AvgIpc) is 2.88. The van der Waals surface area contributed by atoms with Crippen LogP contribution in [0.1, 0.15) is 15.9 Å². The van der Waals surface area contributed by atoms with Crippen molar-refractivity contribution in [2.75, 3.05) is 24.3 Å². The molecule has 0 fully saturated rings. The Morgan fingerprint density at radius 2 is 1.71 bits per heavy atom. The van der Waals surface area contributed by atoms with E-state index in [1.54, 1.807) is 31.3 Å². The van der Waals surface area contributed by atoms with Crippen LogP contribution in [0.3, 0.4) is 0 Å². The Hall–Kier alpha value is -3.55. The second-order valence-corrected chi connectivity index (χ2v) is 8.68. The number of hydrogen-bond acceptors (Lipinski definition) is 5. The van der Waals surface area contributed by atoms with E-state index in [2.05, 4.69) is 0 Å². The number of carbonyl (C=O) groups is 1. The molecule has 0 aliphatic rings. The number of ether oxygens (including phenoxy) is 1. The molecule has 0 spiro atoms. The average molecular weight is 475 g/mol. The Bertz CT molecular complexity index is 1350. The number of benzene rings is 3. The van der Waals surface area contributed by atoms with Gasteiger partial charge in [-0.3, -0.25) is 9.59 Å². The van der Waals surface area contributed by atoms with E-state index in [0.29, 0.717) is 23.2 Å². The summed E-state index contributed by atoms with van der Waals surface area (Å²) in [4.78, 5) is 29.3. The van der Waals surface area contributed by atoms with Crippen molar-refractivity contribution in [3.05, 3.63) is 100 Å². The van der Waals surface area contributed by atoms with E-state index in [0.717, 1.165) is 10.5 Å². The molecule has 4 rings (SSSR count). The van der Waals surface area contributed by atoms with Gasteiger partial charge in [-0.1, -0.05) is 48.5 Å². The molecule has 34 heavy (non-hydrogen) atoms. The zero-order chi connectivity index (χ0) is 24.1. The van der Waals surface area contributed by atoms with E-state index in [9.17, 15) is 14.7 Å². The summed E-state index contributed by atoms with van der Waals surface area (Å²) in [6.45, 7) is 0.903. The molecule has 174 valence electrons. The lowest BCUT2D eigenvalue weighted by Crippen LogP contribution is -2.38. The van der Waals surface area contributed by atoms with E-state index in [1.165, 1.54) is 21.2 Å². The molecular formula is C27H26N2O4S. The van der Waals surface area contributed by atoms with Crippen LogP contribution in [0.15, 0.2) is 88.6 Å². The zero-order valence-electron chi connectivity index (χ0n) is 19.1. The molecular weight excluding hydrogens is 448 g/mol. The summed E-state index contributed by atoms with van der Waals surface area (Å²) >= 11 is 1.52. The highest BCUT2D eigenvalue weighted by Crippen LogP contribution is 2.31. The summed E-state index contributed by atoms with van der Waals surface area (Å²) in [5.74, 6) is -0.866. The molecule has 7 heteroatoms. The number of fused-ring (bicyclic) bond motifs is 1. The van der Waals surface area contributed by atoms with Crippen molar-refractivity contribution < 1.29 is 14.6 Å². The second-order valence-electron chi connectivity index (χ2n) is 7.80. The first-order chi connectivity index (χ1) is 16.5. The number of carbonyl (C=O) groups excluding carboxylic acids is 1. The van der Waals surface area contributed by atoms with Crippen molar-refractivity contribution in [1.82, 2.24) is 4.57 Å². The Kier molecular flexibility index (Phi) is 7.35. The molecule has 0 radical (unpaired) electrons. The largest absolute Gasteiger partial charge is 0.506 e. The number of anilines is 1. The van der Waals surface area contributed by atoms with Gasteiger partial charge in [0.1, 0.15) is 11.3 Å². The molecule has 1 amide bonds. The Morgan fingerprint density at radius 3 is 2.38 bits per heavy atom. The first kappa shape index (κ1) is 23.6. The van der Waals surface area contributed by atoms with Crippen LogP contribution in [-0.4, -0.2) is 35.0 Å². The van der Waals surface area contributed by atoms with Gasteiger partial charge >= 0.3 is 0 Å². The molecule has 1 N–H and O–H groups in total. The van der Waals surface area contributed by atoms with Gasteiger partial charge in [0.05, 0.1) is 18.7 Å². The van der Waals surface area contributed by atoms with Gasteiger partial charge in [-0.2, -0.15) is 0 Å². The van der Waals surface area contributed by atoms with Crippen LogP contribution in [0, 0.1) is 0 Å². The number of nitrogens with zero attached hydrogens (tertiary/aromatic N) is 2. The summed E-state index contributed by atoms with van der Waals surface area (Å²) in [5.41, 5.74) is 1.42. The fourth-order valence-corrected chi connectivity index (χ4v) is 4.28. The molecule has 0 aliphatic carbocycles. The van der Waals surface area contributed by atoms with Gasteiger partial charge in [0, 0.05) is 29.6 Å². The molecule has 6 nitrogen and oxygen atoms in total. The lowest BCUT2D eigenvalue weighted by molar-refractivity contribution is 0.0945. The highest BCUT2D eigenvalue weighted by atomic mass is 32.2. The maximum atomic E-state index is 13.7. The molecule has 1 heterocycles. The SMILES string of the molecule is CSc1ccc2c(c1)c(O)c(C(=O)N(CCOCc1ccccc1)c1ccccc1)c(=O)n2C. The first-order valence-electron chi connectivity index (χ1n) is 10.9. The van der Waals surface area contributed by atoms with Gasteiger partial charge in [0.15, 0.2) is 0 Å². The van der Waals surface area contributed by atoms with Crippen LogP contribution in [0.5, 0.6) is 5.75 Å². The summed E-state index contributed by atoms with van der Waals surface area (Å²) < 4.78 is 7.20. The summed E-state index contributed by atoms with van der Waals surface area (Å²) in [6, 6.07) is 24.3. The quantitative estimate of drug-likeness (QED) is 0.293. The lowest BCUT2D eigenvalue weighted by atomic mass is 10.1. The summed E-state index contributed by atoms with van der Waals surface area (Å²) in [7, 11) is 1.61. The molecule has 0 atom stereocenters. The Morgan fingerprint density at radius 1 is 1.03 bits per heavy atom. The number of aromatic nitrogens is 1. The van der Waals surface area contributed by atoms with Crippen LogP contribution < -0.4 is 10.5 Å². The number of rotatable bonds is 8. The van der Waals surface area contributed by atoms with E-state index < -0.39 is 11.5 Å². The van der Waals surface area contributed by atoms with Crippen LogP contribution in [0.4, 0.5) is 5.69 Å². The van der Waals surface area contributed by atoms with Gasteiger partial charge in [0.25, 0.3) is 11.5 Å². The second kappa shape index (κ2) is 10.6. The van der Waals surface area contributed by atoms with Crippen molar-refractivity contribution in [2.24, 2.45) is 7.05 Å². The number of aromatic hydroxyl groups is 1. The number of pyridine rings is 1. The number of amides is 1. The fourth-order valence-electron chi connectivity index (χ4n) is 3.84. The minimum atomic E-state index is -0.566. The minimum Gasteiger partial charge on any atom is -0.506 e. The zero-order valence-corrected chi connectivity index (χ0v) is 19.9. The predicted molar refractivity (Wildman–Crippen MR) is 137 cm³/mol. The smallest absolute Gasteiger partial charge is 0.267 e. The monoisotopic (exact) mass is 474 g/mol. The van der Waals surface area contributed by atoms with E-state index >= 15 is 0 Å². The Labute approximate surface area is 202 Å². The van der Waals surface area contributed by atoms with Crippen LogP contribution >= 0.6 is 11.8 Å². The van der Waals surface area contributed by atoms with Crippen molar-refractivity contribution in [2.45, 2.75) is 11.5 Å². The van der Waals surface area contributed by atoms with Crippen molar-refractivity contribution in [3.8, 4) is 5.75 Å². The number of para-hydroxylation sites is 1. The number of hydrogen-bond donors (Lipinski definition) is 1. The highest BCUT2D eigenvalue weighted by molar-refractivity contribution is 7.98. The summed E-state index contributed by atoms with van der Waals surface area (Å²) in [6.07, 6.45) is 1.93. The molecule has 0 unspecified atom stereocenters. The normalized spacial score (nSPS) is 11.0. The molecule has 0 aliphatic heterocycles. The maximum absolute atomic E-state index is 13.7. The molecule has 0 saturated heterocycles. The van der Waals surface area contributed by atoms with Crippen LogP contribution in [-0.2, 0) is 18.4 Å². The first-order valence-corrected chi connectivity index (χ1v) is 12.1. The van der Waals surface area contributed by atoms with E-state index in [-0.39, 0.29) is 24.5 Å². The standard InChI is InChI=1S/C27H26N2O4S/c1-28-23-14-13-21(34-2)17-22(23)25(30)24(26(28)31)27(32)29(20-11-7-4-8-12-20)15-16-33-18-19-9-5-3-6-10-19/h3-14,17,30H,15-16,18H2,1-2H3. The fraction of sp³-hybridized carbons (Fsp3) is 0.185. The lowest BCUT2D eigenvalue weighted by Gasteiger charge is -2.24. The van der Waals surface area contributed by atoms with Crippen molar-refractivity contribution >= 4 is 34.3 Å². The van der Waals surface area contributed by atoms with Gasteiger partial charge < -0.3 is 19.3 Å². The van der Waals surface area contributed by atoms with E-state index in [4.69, 9.17) is 4.74 Å². The third kappa shape index (κ3) is 4.85. The molecule has 3 aromatic carbocycles. The highest BCUT2D eigenvalue weighted by Gasteiger charge is 2.27.